The first-order valence-corrected chi connectivity index (χ1v) is 4.98. The first-order valence-electron chi connectivity index (χ1n) is 4.98. The summed E-state index contributed by atoms with van der Waals surface area (Å²) in [6.07, 6.45) is 0. The van der Waals surface area contributed by atoms with E-state index in [4.69, 9.17) is 10.3 Å². The molecule has 0 aliphatic carbocycles. The molecule has 0 fully saturated rings. The minimum Gasteiger partial charge on any atom is -0.395 e. The van der Waals surface area contributed by atoms with Crippen molar-refractivity contribution in [1.29, 1.82) is 0 Å². The number of hydrazine groups is 1. The lowest BCUT2D eigenvalue weighted by atomic mass is 10.3. The van der Waals surface area contributed by atoms with Crippen molar-refractivity contribution in [3.05, 3.63) is 58.3 Å². The van der Waals surface area contributed by atoms with E-state index in [1.165, 1.54) is 6.07 Å². The summed E-state index contributed by atoms with van der Waals surface area (Å²) >= 11 is 0. The second-order valence-corrected chi connectivity index (χ2v) is 3.41. The van der Waals surface area contributed by atoms with Crippen molar-refractivity contribution in [3.8, 4) is 0 Å². The molecular weight excluding hydrogens is 238 g/mol. The van der Waals surface area contributed by atoms with Gasteiger partial charge in [-0.3, -0.25) is 14.9 Å². The van der Waals surface area contributed by atoms with Gasteiger partial charge in [0.1, 0.15) is 4.92 Å². The average molecular weight is 247 g/mol. The summed E-state index contributed by atoms with van der Waals surface area (Å²) in [4.78, 5) is 21.6. The molecule has 2 aromatic rings. The van der Waals surface area contributed by atoms with Gasteiger partial charge in [0.15, 0.2) is 0 Å². The van der Waals surface area contributed by atoms with Crippen LogP contribution in [0.2, 0.25) is 0 Å². The standard InChI is InChI=1S/C11H9N3O4/c12-13(8-4-2-1-3-5-8)11(15)9-6-7-10(18-9)14(16)17/h1-7H,12H2. The van der Waals surface area contributed by atoms with Gasteiger partial charge in [0.05, 0.1) is 11.8 Å². The molecule has 0 saturated carbocycles. The maximum Gasteiger partial charge on any atom is 0.433 e. The quantitative estimate of drug-likeness (QED) is 0.385. The molecular formula is C11H9N3O4. The van der Waals surface area contributed by atoms with E-state index in [1.807, 2.05) is 0 Å². The van der Waals surface area contributed by atoms with Crippen molar-refractivity contribution in [2.75, 3.05) is 5.01 Å². The van der Waals surface area contributed by atoms with Crippen LogP contribution in [-0.2, 0) is 0 Å². The molecule has 92 valence electrons. The Morgan fingerprint density at radius 3 is 2.44 bits per heavy atom. The van der Waals surface area contributed by atoms with Gasteiger partial charge in [0, 0.05) is 0 Å². The van der Waals surface area contributed by atoms with Crippen LogP contribution in [0.4, 0.5) is 11.6 Å². The number of hydrogen-bond acceptors (Lipinski definition) is 5. The highest BCUT2D eigenvalue weighted by atomic mass is 16.6. The van der Waals surface area contributed by atoms with Crippen LogP contribution in [0.15, 0.2) is 46.9 Å². The summed E-state index contributed by atoms with van der Waals surface area (Å²) in [5.41, 5.74) is 0.460. The van der Waals surface area contributed by atoms with Gasteiger partial charge < -0.3 is 4.42 Å². The van der Waals surface area contributed by atoms with Gasteiger partial charge >= 0.3 is 11.8 Å². The summed E-state index contributed by atoms with van der Waals surface area (Å²) in [5, 5.41) is 11.3. The summed E-state index contributed by atoms with van der Waals surface area (Å²) in [5.74, 6) is 4.26. The fourth-order valence-corrected chi connectivity index (χ4v) is 1.37. The molecule has 0 unspecified atom stereocenters. The molecule has 1 heterocycles. The van der Waals surface area contributed by atoms with Crippen molar-refractivity contribution in [3.63, 3.8) is 0 Å². The summed E-state index contributed by atoms with van der Waals surface area (Å²) < 4.78 is 4.78. The van der Waals surface area contributed by atoms with Crippen molar-refractivity contribution < 1.29 is 14.1 Å². The van der Waals surface area contributed by atoms with Gasteiger partial charge in [-0.1, -0.05) is 18.2 Å². The number of benzene rings is 1. The predicted molar refractivity (Wildman–Crippen MR) is 62.8 cm³/mol. The highest BCUT2D eigenvalue weighted by Gasteiger charge is 2.21. The lowest BCUT2D eigenvalue weighted by Gasteiger charge is -2.14. The maximum absolute atomic E-state index is 11.9. The first kappa shape index (κ1) is 11.8. The second-order valence-electron chi connectivity index (χ2n) is 3.41. The fraction of sp³-hybridized carbons (Fsp3) is 0. The highest BCUT2D eigenvalue weighted by molar-refractivity contribution is 6.03. The lowest BCUT2D eigenvalue weighted by Crippen LogP contribution is -2.37. The molecule has 1 aromatic carbocycles. The number of furan rings is 1. The third kappa shape index (κ3) is 2.20. The molecule has 0 radical (unpaired) electrons. The predicted octanol–water partition coefficient (Wildman–Crippen LogP) is 1.71. The zero-order valence-corrected chi connectivity index (χ0v) is 9.15. The number of para-hydroxylation sites is 1. The van der Waals surface area contributed by atoms with E-state index in [0.29, 0.717) is 5.69 Å². The van der Waals surface area contributed by atoms with E-state index in [9.17, 15) is 14.9 Å². The Morgan fingerprint density at radius 1 is 1.22 bits per heavy atom. The zero-order chi connectivity index (χ0) is 13.1. The van der Waals surface area contributed by atoms with Crippen LogP contribution in [0.25, 0.3) is 0 Å². The number of amides is 1. The third-order valence-corrected chi connectivity index (χ3v) is 2.24. The molecule has 0 spiro atoms. The molecule has 1 aromatic heterocycles. The fourth-order valence-electron chi connectivity index (χ4n) is 1.37. The molecule has 0 saturated heterocycles. The molecule has 0 aliphatic heterocycles. The summed E-state index contributed by atoms with van der Waals surface area (Å²) in [7, 11) is 0. The van der Waals surface area contributed by atoms with Gasteiger partial charge in [-0.2, -0.15) is 0 Å². The molecule has 7 heteroatoms. The number of nitro groups is 1. The van der Waals surface area contributed by atoms with Crippen LogP contribution in [0.5, 0.6) is 0 Å². The Labute approximate surface area is 102 Å². The Balaban J connectivity index is 2.23. The Bertz CT molecular complexity index is 579. The third-order valence-electron chi connectivity index (χ3n) is 2.24. The number of anilines is 1. The molecule has 1 amide bonds. The largest absolute Gasteiger partial charge is 0.433 e. The van der Waals surface area contributed by atoms with Crippen LogP contribution in [0, 0.1) is 10.1 Å². The molecule has 2 N–H and O–H groups in total. The van der Waals surface area contributed by atoms with Crippen molar-refractivity contribution in [2.45, 2.75) is 0 Å². The van der Waals surface area contributed by atoms with E-state index >= 15 is 0 Å². The Morgan fingerprint density at radius 2 is 1.89 bits per heavy atom. The van der Waals surface area contributed by atoms with Crippen LogP contribution < -0.4 is 10.9 Å². The average Bonchev–Trinajstić information content (AvgIpc) is 2.88. The van der Waals surface area contributed by atoms with Gasteiger partial charge in [-0.15, -0.1) is 0 Å². The van der Waals surface area contributed by atoms with E-state index in [2.05, 4.69) is 0 Å². The number of carbonyl (C=O) groups is 1. The zero-order valence-electron chi connectivity index (χ0n) is 9.15. The smallest absolute Gasteiger partial charge is 0.395 e. The van der Waals surface area contributed by atoms with Crippen LogP contribution in [0.3, 0.4) is 0 Å². The van der Waals surface area contributed by atoms with E-state index in [-0.39, 0.29) is 5.76 Å². The number of nitrogens with two attached hydrogens (primary N) is 1. The van der Waals surface area contributed by atoms with Gasteiger partial charge in [0.25, 0.3) is 0 Å². The van der Waals surface area contributed by atoms with Crippen LogP contribution in [0.1, 0.15) is 10.6 Å². The second kappa shape index (κ2) is 4.68. The van der Waals surface area contributed by atoms with E-state index in [1.54, 1.807) is 30.3 Å². The Hall–Kier alpha value is -2.67. The van der Waals surface area contributed by atoms with E-state index < -0.39 is 16.7 Å². The topological polar surface area (TPSA) is 103 Å². The number of hydrogen-bond donors (Lipinski definition) is 1. The van der Waals surface area contributed by atoms with Gasteiger partial charge in [-0.25, -0.2) is 10.9 Å². The first-order chi connectivity index (χ1) is 8.59. The summed E-state index contributed by atoms with van der Waals surface area (Å²) in [6, 6.07) is 10.8. The monoisotopic (exact) mass is 247 g/mol. The van der Waals surface area contributed by atoms with Crippen LogP contribution in [-0.4, -0.2) is 10.8 Å². The van der Waals surface area contributed by atoms with Gasteiger partial charge in [-0.05, 0) is 18.2 Å². The molecule has 0 aliphatic rings. The van der Waals surface area contributed by atoms with Crippen molar-refractivity contribution in [2.24, 2.45) is 5.84 Å². The van der Waals surface area contributed by atoms with Crippen LogP contribution >= 0.6 is 0 Å². The molecule has 7 nitrogen and oxygen atoms in total. The highest BCUT2D eigenvalue weighted by Crippen LogP contribution is 2.19. The lowest BCUT2D eigenvalue weighted by molar-refractivity contribution is -0.402. The minimum atomic E-state index is -0.722. The molecule has 18 heavy (non-hydrogen) atoms. The van der Waals surface area contributed by atoms with Crippen molar-refractivity contribution >= 4 is 17.5 Å². The number of nitrogens with zero attached hydrogens (tertiary/aromatic N) is 2. The Kier molecular flexibility index (Phi) is 3.07. The molecule has 2 rings (SSSR count). The SMILES string of the molecule is NN(C(=O)c1ccc([N+](=O)[O-])o1)c1ccccc1. The maximum atomic E-state index is 11.9. The minimum absolute atomic E-state index is 0.187. The number of carbonyl (C=O) groups excluding carboxylic acids is 1. The summed E-state index contributed by atoms with van der Waals surface area (Å²) in [6.45, 7) is 0. The van der Waals surface area contributed by atoms with Gasteiger partial charge in [0.2, 0.25) is 5.76 Å². The number of rotatable bonds is 3. The molecule has 0 atom stereocenters. The van der Waals surface area contributed by atoms with E-state index in [0.717, 1.165) is 11.1 Å². The normalized spacial score (nSPS) is 10.1. The van der Waals surface area contributed by atoms with Crippen molar-refractivity contribution in [1.82, 2.24) is 0 Å². The molecule has 0 bridgehead atoms.